The topological polar surface area (TPSA) is 37.3 Å². The van der Waals surface area contributed by atoms with Crippen molar-refractivity contribution >= 4 is 6.29 Å². The number of rotatable bonds is 2. The second-order valence-corrected chi connectivity index (χ2v) is 2.35. The third-order valence-electron chi connectivity index (χ3n) is 1.55. The quantitative estimate of drug-likeness (QED) is 0.520. The molecule has 2 nitrogen and oxygen atoms in total. The standard InChI is InChI=1S/C10H8O2/c1-2-10(12)9-5-3-8(7-11)4-6-9/h1,3-7,10,12H/t10-/m1/s1. The molecule has 0 fully saturated rings. The van der Waals surface area contributed by atoms with Crippen LogP contribution in [-0.4, -0.2) is 11.4 Å². The Morgan fingerprint density at radius 1 is 1.42 bits per heavy atom. The fraction of sp³-hybridized carbons (Fsp3) is 0.100. The molecule has 1 rings (SSSR count). The summed E-state index contributed by atoms with van der Waals surface area (Å²) in [6.45, 7) is 0. The lowest BCUT2D eigenvalue weighted by atomic mass is 10.1. The van der Waals surface area contributed by atoms with Gasteiger partial charge in [0.1, 0.15) is 12.4 Å². The smallest absolute Gasteiger partial charge is 0.150 e. The molecule has 2 heteroatoms. The van der Waals surface area contributed by atoms with Crippen LogP contribution < -0.4 is 0 Å². The van der Waals surface area contributed by atoms with Crippen molar-refractivity contribution in [1.29, 1.82) is 0 Å². The Morgan fingerprint density at radius 3 is 2.42 bits per heavy atom. The Morgan fingerprint density at radius 2 is 2.00 bits per heavy atom. The lowest BCUT2D eigenvalue weighted by molar-refractivity contribution is 0.112. The molecule has 0 bridgehead atoms. The minimum atomic E-state index is -0.884. The van der Waals surface area contributed by atoms with E-state index in [0.29, 0.717) is 11.1 Å². The van der Waals surface area contributed by atoms with Crippen molar-refractivity contribution in [3.05, 3.63) is 35.4 Å². The van der Waals surface area contributed by atoms with Crippen LogP contribution in [0.3, 0.4) is 0 Å². The van der Waals surface area contributed by atoms with Gasteiger partial charge in [0.2, 0.25) is 0 Å². The molecule has 1 aromatic carbocycles. The molecule has 12 heavy (non-hydrogen) atoms. The predicted molar refractivity (Wildman–Crippen MR) is 45.6 cm³/mol. The predicted octanol–water partition coefficient (Wildman–Crippen LogP) is 1.17. The average molecular weight is 160 g/mol. The number of aliphatic hydroxyl groups is 1. The van der Waals surface area contributed by atoms with E-state index in [9.17, 15) is 4.79 Å². The molecular weight excluding hydrogens is 152 g/mol. The van der Waals surface area contributed by atoms with Crippen LogP contribution in [0.25, 0.3) is 0 Å². The minimum absolute atomic E-state index is 0.572. The first-order chi connectivity index (χ1) is 5.77. The first-order valence-corrected chi connectivity index (χ1v) is 3.47. The largest absolute Gasteiger partial charge is 0.376 e. The highest BCUT2D eigenvalue weighted by atomic mass is 16.3. The van der Waals surface area contributed by atoms with Crippen molar-refractivity contribution in [3.63, 3.8) is 0 Å². The van der Waals surface area contributed by atoms with Gasteiger partial charge in [-0.05, 0) is 5.56 Å². The van der Waals surface area contributed by atoms with E-state index in [2.05, 4.69) is 5.92 Å². The second kappa shape index (κ2) is 3.70. The number of hydrogen-bond donors (Lipinski definition) is 1. The molecule has 0 radical (unpaired) electrons. The number of carbonyl (C=O) groups is 1. The van der Waals surface area contributed by atoms with Crippen LogP contribution in [-0.2, 0) is 0 Å². The summed E-state index contributed by atoms with van der Waals surface area (Å²) in [5, 5.41) is 9.17. The normalized spacial score (nSPS) is 11.7. The molecule has 1 aromatic rings. The maximum Gasteiger partial charge on any atom is 0.150 e. The minimum Gasteiger partial charge on any atom is -0.376 e. The maximum absolute atomic E-state index is 10.3. The lowest BCUT2D eigenvalue weighted by Crippen LogP contribution is -1.92. The van der Waals surface area contributed by atoms with Gasteiger partial charge in [-0.3, -0.25) is 4.79 Å². The fourth-order valence-corrected chi connectivity index (χ4v) is 0.853. The van der Waals surface area contributed by atoms with Crippen LogP contribution >= 0.6 is 0 Å². The molecule has 60 valence electrons. The first-order valence-electron chi connectivity index (χ1n) is 3.47. The van der Waals surface area contributed by atoms with E-state index in [0.717, 1.165) is 6.29 Å². The van der Waals surface area contributed by atoms with Crippen LogP contribution in [0.1, 0.15) is 22.0 Å². The number of aldehydes is 1. The second-order valence-electron chi connectivity index (χ2n) is 2.35. The van der Waals surface area contributed by atoms with Crippen molar-refractivity contribution < 1.29 is 9.90 Å². The zero-order chi connectivity index (χ0) is 8.97. The number of carbonyl (C=O) groups excluding carboxylic acids is 1. The zero-order valence-corrected chi connectivity index (χ0v) is 6.40. The molecule has 0 amide bonds. The van der Waals surface area contributed by atoms with Gasteiger partial charge in [-0.1, -0.05) is 30.2 Å². The Kier molecular flexibility index (Phi) is 2.62. The zero-order valence-electron chi connectivity index (χ0n) is 6.40. The molecule has 0 unspecified atom stereocenters. The molecular formula is C10H8O2. The third kappa shape index (κ3) is 1.71. The van der Waals surface area contributed by atoms with E-state index in [1.165, 1.54) is 0 Å². The molecule has 0 saturated carbocycles. The SMILES string of the molecule is C#C[C@@H](O)c1ccc(C=O)cc1. The molecule has 0 aliphatic rings. The molecule has 1 atom stereocenters. The highest BCUT2D eigenvalue weighted by molar-refractivity contribution is 5.74. The molecule has 0 aliphatic heterocycles. The van der Waals surface area contributed by atoms with Gasteiger partial charge in [0.15, 0.2) is 0 Å². The summed E-state index contributed by atoms with van der Waals surface area (Å²) < 4.78 is 0. The molecule has 0 aromatic heterocycles. The van der Waals surface area contributed by atoms with E-state index in [4.69, 9.17) is 11.5 Å². The van der Waals surface area contributed by atoms with Gasteiger partial charge in [-0.15, -0.1) is 6.42 Å². The number of benzene rings is 1. The van der Waals surface area contributed by atoms with E-state index in [-0.39, 0.29) is 0 Å². The van der Waals surface area contributed by atoms with Gasteiger partial charge in [0.05, 0.1) is 0 Å². The van der Waals surface area contributed by atoms with Gasteiger partial charge in [0, 0.05) is 5.56 Å². The highest BCUT2D eigenvalue weighted by Gasteiger charge is 2.01. The summed E-state index contributed by atoms with van der Waals surface area (Å²) in [6.07, 6.45) is 4.86. The van der Waals surface area contributed by atoms with E-state index < -0.39 is 6.10 Å². The Hall–Kier alpha value is -1.59. The summed E-state index contributed by atoms with van der Waals surface area (Å²) in [7, 11) is 0. The molecule has 0 heterocycles. The van der Waals surface area contributed by atoms with E-state index >= 15 is 0 Å². The van der Waals surface area contributed by atoms with Crippen LogP contribution in [0.4, 0.5) is 0 Å². The summed E-state index contributed by atoms with van der Waals surface area (Å²) in [4.78, 5) is 10.3. The van der Waals surface area contributed by atoms with Gasteiger partial charge in [-0.25, -0.2) is 0 Å². The molecule has 1 N–H and O–H groups in total. The monoisotopic (exact) mass is 160 g/mol. The third-order valence-corrected chi connectivity index (χ3v) is 1.55. The van der Waals surface area contributed by atoms with Crippen molar-refractivity contribution in [2.75, 3.05) is 0 Å². The molecule has 0 saturated heterocycles. The Labute approximate surface area is 70.8 Å². The van der Waals surface area contributed by atoms with Gasteiger partial charge < -0.3 is 5.11 Å². The van der Waals surface area contributed by atoms with Crippen molar-refractivity contribution in [2.24, 2.45) is 0 Å². The van der Waals surface area contributed by atoms with Crippen LogP contribution in [0, 0.1) is 12.3 Å². The summed E-state index contributed by atoms with van der Waals surface area (Å²) in [5.74, 6) is 2.19. The summed E-state index contributed by atoms with van der Waals surface area (Å²) in [6, 6.07) is 6.49. The van der Waals surface area contributed by atoms with E-state index in [1.54, 1.807) is 24.3 Å². The van der Waals surface area contributed by atoms with Crippen LogP contribution in [0.5, 0.6) is 0 Å². The van der Waals surface area contributed by atoms with Crippen molar-refractivity contribution in [2.45, 2.75) is 6.10 Å². The first kappa shape index (κ1) is 8.51. The maximum atomic E-state index is 10.3. The van der Waals surface area contributed by atoms with Gasteiger partial charge >= 0.3 is 0 Å². The van der Waals surface area contributed by atoms with Gasteiger partial charge in [-0.2, -0.15) is 0 Å². The van der Waals surface area contributed by atoms with Crippen molar-refractivity contribution in [1.82, 2.24) is 0 Å². The number of aliphatic hydroxyl groups excluding tert-OH is 1. The van der Waals surface area contributed by atoms with Crippen LogP contribution in [0.15, 0.2) is 24.3 Å². The lowest BCUT2D eigenvalue weighted by Gasteiger charge is -2.02. The molecule has 0 aliphatic carbocycles. The van der Waals surface area contributed by atoms with Gasteiger partial charge in [0.25, 0.3) is 0 Å². The molecule has 0 spiro atoms. The summed E-state index contributed by atoms with van der Waals surface area (Å²) in [5.41, 5.74) is 1.20. The highest BCUT2D eigenvalue weighted by Crippen LogP contribution is 2.11. The van der Waals surface area contributed by atoms with Crippen LogP contribution in [0.2, 0.25) is 0 Å². The van der Waals surface area contributed by atoms with Crippen molar-refractivity contribution in [3.8, 4) is 12.3 Å². The number of hydrogen-bond acceptors (Lipinski definition) is 2. The number of terminal acetylenes is 1. The Bertz CT molecular complexity index is 306. The van der Waals surface area contributed by atoms with E-state index in [1.807, 2.05) is 0 Å². The average Bonchev–Trinajstić information content (AvgIpc) is 2.17. The fourth-order valence-electron chi connectivity index (χ4n) is 0.853. The summed E-state index contributed by atoms with van der Waals surface area (Å²) >= 11 is 0. The Balaban J connectivity index is 2.93.